The Morgan fingerprint density at radius 1 is 1.27 bits per heavy atom. The summed E-state index contributed by atoms with van der Waals surface area (Å²) in [6.07, 6.45) is 0. The van der Waals surface area contributed by atoms with Crippen molar-refractivity contribution in [3.8, 4) is 0 Å². The third-order valence-electron chi connectivity index (χ3n) is 3.50. The van der Waals surface area contributed by atoms with Gasteiger partial charge in [0.1, 0.15) is 0 Å². The molecule has 3 aromatic rings. The second-order valence-electron chi connectivity index (χ2n) is 5.29. The molecule has 10 heteroatoms. The first kappa shape index (κ1) is 17.5. The van der Waals surface area contributed by atoms with Gasteiger partial charge in [0.15, 0.2) is 0 Å². The lowest BCUT2D eigenvalue weighted by Crippen LogP contribution is -2.23. The summed E-state index contributed by atoms with van der Waals surface area (Å²) in [4.78, 5) is 23.7. The van der Waals surface area contributed by atoms with Crippen LogP contribution >= 0.6 is 11.8 Å². The number of carbonyl (C=O) groups is 1. The number of nitro benzene ring substituents is 1. The van der Waals surface area contributed by atoms with Gasteiger partial charge < -0.3 is 5.32 Å². The maximum atomic E-state index is 12.6. The zero-order valence-electron chi connectivity index (χ0n) is 13.7. The Morgan fingerprint density at radius 2 is 2.04 bits per heavy atom. The Kier molecular flexibility index (Phi) is 5.23. The SMILES string of the molecule is Cn1nnnc1Sc1ccc([N+](=O)[O-])cc1C(=O)NCc1ccccc1. The fourth-order valence-corrected chi connectivity index (χ4v) is 3.02. The van der Waals surface area contributed by atoms with Crippen molar-refractivity contribution < 1.29 is 9.72 Å². The van der Waals surface area contributed by atoms with Crippen LogP contribution in [0.15, 0.2) is 58.6 Å². The smallest absolute Gasteiger partial charge is 0.270 e. The molecule has 0 aliphatic carbocycles. The second kappa shape index (κ2) is 7.74. The number of non-ortho nitro benzene ring substituents is 1. The van der Waals surface area contributed by atoms with Crippen molar-refractivity contribution in [1.82, 2.24) is 25.5 Å². The summed E-state index contributed by atoms with van der Waals surface area (Å²) in [5, 5.41) is 25.5. The molecule has 0 fully saturated rings. The molecule has 2 aromatic carbocycles. The van der Waals surface area contributed by atoms with Crippen molar-refractivity contribution in [3.63, 3.8) is 0 Å². The van der Waals surface area contributed by atoms with Crippen molar-refractivity contribution in [2.24, 2.45) is 7.05 Å². The first-order valence-corrected chi connectivity index (χ1v) is 8.37. The predicted octanol–water partition coefficient (Wildman–Crippen LogP) is 2.20. The number of amides is 1. The first-order valence-electron chi connectivity index (χ1n) is 7.55. The third kappa shape index (κ3) is 4.03. The Bertz CT molecular complexity index is 944. The number of nitrogens with zero attached hydrogens (tertiary/aromatic N) is 5. The van der Waals surface area contributed by atoms with E-state index in [2.05, 4.69) is 20.8 Å². The molecule has 9 nitrogen and oxygen atoms in total. The number of aryl methyl sites for hydroxylation is 1. The second-order valence-corrected chi connectivity index (χ2v) is 6.30. The quantitative estimate of drug-likeness (QED) is 0.522. The fraction of sp³-hybridized carbons (Fsp3) is 0.125. The third-order valence-corrected chi connectivity index (χ3v) is 4.60. The average molecular weight is 370 g/mol. The minimum absolute atomic E-state index is 0.157. The summed E-state index contributed by atoms with van der Waals surface area (Å²) >= 11 is 1.16. The van der Waals surface area contributed by atoms with E-state index in [1.807, 2.05) is 30.3 Å². The molecule has 0 radical (unpaired) electrons. The Labute approximate surface area is 152 Å². The number of nitro groups is 1. The number of nitrogens with one attached hydrogen (secondary N) is 1. The van der Waals surface area contributed by atoms with Crippen LogP contribution < -0.4 is 5.32 Å². The van der Waals surface area contributed by atoms with Crippen LogP contribution in [0.1, 0.15) is 15.9 Å². The van der Waals surface area contributed by atoms with E-state index in [1.165, 1.54) is 22.9 Å². The summed E-state index contributed by atoms with van der Waals surface area (Å²) in [6.45, 7) is 0.317. The van der Waals surface area contributed by atoms with Gasteiger partial charge in [0.2, 0.25) is 5.16 Å². The van der Waals surface area contributed by atoms with E-state index in [0.29, 0.717) is 16.6 Å². The number of rotatable bonds is 6. The van der Waals surface area contributed by atoms with Crippen LogP contribution in [-0.2, 0) is 13.6 Å². The molecule has 0 saturated heterocycles. The van der Waals surface area contributed by atoms with Gasteiger partial charge in [-0.15, -0.1) is 5.10 Å². The van der Waals surface area contributed by atoms with Crippen LogP contribution in [0.2, 0.25) is 0 Å². The van der Waals surface area contributed by atoms with Crippen molar-refractivity contribution in [2.45, 2.75) is 16.6 Å². The summed E-state index contributed by atoms with van der Waals surface area (Å²) in [5.41, 5.74) is 0.969. The molecule has 0 aliphatic rings. The number of aromatic nitrogens is 4. The van der Waals surface area contributed by atoms with Gasteiger partial charge >= 0.3 is 0 Å². The lowest BCUT2D eigenvalue weighted by molar-refractivity contribution is -0.384. The molecular weight excluding hydrogens is 356 g/mol. The molecule has 1 heterocycles. The highest BCUT2D eigenvalue weighted by atomic mass is 32.2. The summed E-state index contributed by atoms with van der Waals surface area (Å²) in [7, 11) is 1.67. The van der Waals surface area contributed by atoms with Crippen LogP contribution in [0.25, 0.3) is 0 Å². The molecule has 0 saturated carbocycles. The molecule has 3 rings (SSSR count). The monoisotopic (exact) mass is 370 g/mol. The van der Waals surface area contributed by atoms with Gasteiger partial charge in [-0.2, -0.15) is 0 Å². The van der Waals surface area contributed by atoms with Gasteiger partial charge in [0.25, 0.3) is 11.6 Å². The van der Waals surface area contributed by atoms with Crippen molar-refractivity contribution in [2.75, 3.05) is 0 Å². The van der Waals surface area contributed by atoms with Crippen LogP contribution in [0.3, 0.4) is 0 Å². The zero-order chi connectivity index (χ0) is 18.5. The average Bonchev–Trinajstić information content (AvgIpc) is 3.05. The molecule has 0 atom stereocenters. The summed E-state index contributed by atoms with van der Waals surface area (Å²) in [5.74, 6) is -0.407. The van der Waals surface area contributed by atoms with Crippen molar-refractivity contribution in [3.05, 3.63) is 69.8 Å². The van der Waals surface area contributed by atoms with E-state index in [-0.39, 0.29) is 11.3 Å². The summed E-state index contributed by atoms with van der Waals surface area (Å²) < 4.78 is 1.46. The molecule has 0 aliphatic heterocycles. The van der Waals surface area contributed by atoms with Gasteiger partial charge in [0.05, 0.1) is 10.5 Å². The summed E-state index contributed by atoms with van der Waals surface area (Å²) in [6, 6.07) is 13.5. The Balaban J connectivity index is 1.86. The highest BCUT2D eigenvalue weighted by molar-refractivity contribution is 7.99. The standard InChI is InChI=1S/C16H14N6O3S/c1-21-16(18-19-20-21)26-14-8-7-12(22(24)25)9-13(14)15(23)17-10-11-5-3-2-4-6-11/h2-9H,10H2,1H3,(H,17,23). The number of hydrogen-bond donors (Lipinski definition) is 1. The molecule has 0 spiro atoms. The maximum absolute atomic E-state index is 12.6. The Morgan fingerprint density at radius 3 is 2.69 bits per heavy atom. The van der Waals surface area contributed by atoms with E-state index in [9.17, 15) is 14.9 Å². The molecular formula is C16H14N6O3S. The van der Waals surface area contributed by atoms with Crippen LogP contribution in [-0.4, -0.2) is 31.0 Å². The minimum atomic E-state index is -0.535. The van der Waals surface area contributed by atoms with E-state index >= 15 is 0 Å². The lowest BCUT2D eigenvalue weighted by atomic mass is 10.1. The lowest BCUT2D eigenvalue weighted by Gasteiger charge is -2.09. The van der Waals surface area contributed by atoms with E-state index in [4.69, 9.17) is 0 Å². The molecule has 1 aromatic heterocycles. The van der Waals surface area contributed by atoms with Crippen LogP contribution in [0, 0.1) is 10.1 Å². The molecule has 1 amide bonds. The van der Waals surface area contributed by atoms with Gasteiger partial charge in [-0.25, -0.2) is 4.68 Å². The number of hydrogen-bond acceptors (Lipinski definition) is 7. The molecule has 26 heavy (non-hydrogen) atoms. The van der Waals surface area contributed by atoms with E-state index in [0.717, 1.165) is 17.3 Å². The molecule has 0 unspecified atom stereocenters. The highest BCUT2D eigenvalue weighted by Crippen LogP contribution is 2.31. The van der Waals surface area contributed by atoms with Gasteiger partial charge in [-0.05, 0) is 33.8 Å². The first-order chi connectivity index (χ1) is 12.5. The largest absolute Gasteiger partial charge is 0.348 e. The van der Waals surface area contributed by atoms with Gasteiger partial charge in [0, 0.05) is 30.6 Å². The zero-order valence-corrected chi connectivity index (χ0v) is 14.5. The van der Waals surface area contributed by atoms with Crippen LogP contribution in [0.5, 0.6) is 0 Å². The number of carbonyl (C=O) groups excluding carboxylic acids is 1. The van der Waals surface area contributed by atoms with Crippen molar-refractivity contribution >= 4 is 23.4 Å². The van der Waals surface area contributed by atoms with Crippen LogP contribution in [0.4, 0.5) is 5.69 Å². The molecule has 132 valence electrons. The molecule has 1 N–H and O–H groups in total. The van der Waals surface area contributed by atoms with Crippen molar-refractivity contribution in [1.29, 1.82) is 0 Å². The predicted molar refractivity (Wildman–Crippen MR) is 93.6 cm³/mol. The number of tetrazole rings is 1. The molecule has 0 bridgehead atoms. The Hall–Kier alpha value is -3.27. The minimum Gasteiger partial charge on any atom is -0.348 e. The fourth-order valence-electron chi connectivity index (χ4n) is 2.18. The van der Waals surface area contributed by atoms with Gasteiger partial charge in [-0.3, -0.25) is 14.9 Å². The topological polar surface area (TPSA) is 116 Å². The van der Waals surface area contributed by atoms with E-state index in [1.54, 1.807) is 7.05 Å². The number of benzene rings is 2. The van der Waals surface area contributed by atoms with Gasteiger partial charge in [-0.1, -0.05) is 30.3 Å². The highest BCUT2D eigenvalue weighted by Gasteiger charge is 2.19. The normalized spacial score (nSPS) is 10.5. The van der Waals surface area contributed by atoms with E-state index < -0.39 is 10.8 Å². The maximum Gasteiger partial charge on any atom is 0.270 e.